The van der Waals surface area contributed by atoms with Crippen LogP contribution in [0.3, 0.4) is 0 Å². The highest BCUT2D eigenvalue weighted by Crippen LogP contribution is 2.54. The molecule has 0 bridgehead atoms. The number of nitrogens with one attached hydrogen (secondary N) is 2. The SMILES string of the molecule is CC1=Cc2c(NC(=O)C(=N)CCC3CCCCC3)ncnc2C(C2OC(CO)C3OC4(Cc5ccccc5C4)CC32)CC1. The molecule has 1 amide bonds. The Bertz CT molecular complexity index is 1390. The maximum atomic E-state index is 13.2. The zero-order valence-electron chi connectivity index (χ0n) is 25.2. The van der Waals surface area contributed by atoms with Crippen molar-refractivity contribution >= 4 is 23.5 Å². The lowest BCUT2D eigenvalue weighted by molar-refractivity contribution is -0.110. The number of carbonyl (C=O) groups is 1. The van der Waals surface area contributed by atoms with Crippen LogP contribution >= 0.6 is 0 Å². The van der Waals surface area contributed by atoms with Crippen LogP contribution in [0.4, 0.5) is 5.82 Å². The number of aliphatic hydroxyl groups excluding tert-OH is 1. The normalized spacial score (nSPS) is 29.4. The Kier molecular flexibility index (Phi) is 7.95. The van der Waals surface area contributed by atoms with Crippen molar-refractivity contribution in [3.8, 4) is 0 Å². The van der Waals surface area contributed by atoms with Crippen molar-refractivity contribution in [2.45, 2.75) is 114 Å². The van der Waals surface area contributed by atoms with Gasteiger partial charge in [-0.2, -0.15) is 0 Å². The average Bonchev–Trinajstić information content (AvgIpc) is 3.63. The van der Waals surface area contributed by atoms with Crippen LogP contribution in [0.1, 0.15) is 99.4 Å². The monoisotopic (exact) mass is 584 g/mol. The summed E-state index contributed by atoms with van der Waals surface area (Å²) in [6.45, 7) is 2.03. The number of carbonyl (C=O) groups excluding carboxylic acids is 1. The molecule has 3 N–H and O–H groups in total. The molecule has 5 aliphatic rings. The van der Waals surface area contributed by atoms with Gasteiger partial charge in [0.05, 0.1) is 35.8 Å². The van der Waals surface area contributed by atoms with E-state index >= 15 is 0 Å². The van der Waals surface area contributed by atoms with Crippen molar-refractivity contribution in [1.29, 1.82) is 5.41 Å². The quantitative estimate of drug-likeness (QED) is 0.355. The van der Waals surface area contributed by atoms with E-state index in [0.717, 1.165) is 49.8 Å². The van der Waals surface area contributed by atoms with E-state index in [4.69, 9.17) is 19.9 Å². The molecule has 2 aromatic rings. The smallest absolute Gasteiger partial charge is 0.270 e. The van der Waals surface area contributed by atoms with Crippen molar-refractivity contribution < 1.29 is 19.4 Å². The zero-order chi connectivity index (χ0) is 29.6. The summed E-state index contributed by atoms with van der Waals surface area (Å²) < 4.78 is 13.5. The third-order valence-corrected chi connectivity index (χ3v) is 10.8. The fourth-order valence-electron chi connectivity index (χ4n) is 8.66. The lowest BCUT2D eigenvalue weighted by Crippen LogP contribution is -2.36. The van der Waals surface area contributed by atoms with E-state index in [1.165, 1.54) is 55.1 Å². The largest absolute Gasteiger partial charge is 0.394 e. The molecule has 228 valence electrons. The highest BCUT2D eigenvalue weighted by Gasteiger charge is 2.59. The minimum Gasteiger partial charge on any atom is -0.394 e. The van der Waals surface area contributed by atoms with Crippen LogP contribution < -0.4 is 5.32 Å². The lowest BCUT2D eigenvalue weighted by atomic mass is 9.79. The van der Waals surface area contributed by atoms with E-state index < -0.39 is 0 Å². The third-order valence-electron chi connectivity index (χ3n) is 10.8. The van der Waals surface area contributed by atoms with Crippen LogP contribution in [0, 0.1) is 17.2 Å². The number of hydrogen-bond acceptors (Lipinski definition) is 7. The van der Waals surface area contributed by atoms with E-state index in [0.29, 0.717) is 18.2 Å². The van der Waals surface area contributed by atoms with Gasteiger partial charge in [0.1, 0.15) is 18.2 Å². The number of anilines is 1. The molecule has 3 heterocycles. The molecule has 2 saturated heterocycles. The van der Waals surface area contributed by atoms with Gasteiger partial charge in [0.2, 0.25) is 0 Å². The van der Waals surface area contributed by atoms with Crippen molar-refractivity contribution in [3.63, 3.8) is 0 Å². The summed E-state index contributed by atoms with van der Waals surface area (Å²) in [5.41, 5.74) is 5.45. The molecule has 43 heavy (non-hydrogen) atoms. The van der Waals surface area contributed by atoms with Crippen molar-refractivity contribution in [2.24, 2.45) is 11.8 Å². The number of amides is 1. The van der Waals surface area contributed by atoms with Gasteiger partial charge in [-0.1, -0.05) is 68.0 Å². The molecule has 1 aromatic carbocycles. The minimum atomic E-state index is -0.381. The van der Waals surface area contributed by atoms with Gasteiger partial charge in [-0.25, -0.2) is 9.97 Å². The summed E-state index contributed by atoms with van der Waals surface area (Å²) in [6.07, 6.45) is 15.0. The van der Waals surface area contributed by atoms with Gasteiger partial charge in [0, 0.05) is 30.2 Å². The molecule has 5 atom stereocenters. The molecule has 1 spiro atoms. The van der Waals surface area contributed by atoms with Gasteiger partial charge in [-0.3, -0.25) is 10.2 Å². The first-order chi connectivity index (χ1) is 20.9. The first kappa shape index (κ1) is 28.8. The Labute approximate surface area is 254 Å². The van der Waals surface area contributed by atoms with Gasteiger partial charge >= 0.3 is 0 Å². The second-order valence-electron chi connectivity index (χ2n) is 13.7. The highest BCUT2D eigenvalue weighted by molar-refractivity contribution is 6.41. The van der Waals surface area contributed by atoms with Crippen LogP contribution in [-0.2, 0) is 27.1 Å². The van der Waals surface area contributed by atoms with Crippen LogP contribution in [0.2, 0.25) is 0 Å². The van der Waals surface area contributed by atoms with Crippen LogP contribution in [-0.4, -0.2) is 57.2 Å². The van der Waals surface area contributed by atoms with Gasteiger partial charge in [-0.15, -0.1) is 0 Å². The Hall–Kier alpha value is -2.94. The number of hydrogen-bond donors (Lipinski definition) is 3. The number of benzene rings is 1. The van der Waals surface area contributed by atoms with Crippen molar-refractivity contribution in [2.75, 3.05) is 11.9 Å². The second kappa shape index (κ2) is 11.9. The molecule has 5 unspecified atom stereocenters. The number of aliphatic hydroxyl groups is 1. The van der Waals surface area contributed by atoms with E-state index in [1.807, 2.05) is 0 Å². The molecule has 2 aliphatic heterocycles. The summed E-state index contributed by atoms with van der Waals surface area (Å²) in [5, 5.41) is 21.8. The van der Waals surface area contributed by atoms with E-state index in [1.54, 1.807) is 0 Å². The number of allylic oxidation sites excluding steroid dienone is 1. The Morgan fingerprint density at radius 1 is 1.09 bits per heavy atom. The average molecular weight is 585 g/mol. The molecule has 3 aliphatic carbocycles. The first-order valence-electron chi connectivity index (χ1n) is 16.3. The topological polar surface area (TPSA) is 117 Å². The predicted octanol–water partition coefficient (Wildman–Crippen LogP) is 5.78. The van der Waals surface area contributed by atoms with Crippen LogP contribution in [0.25, 0.3) is 6.08 Å². The summed E-state index contributed by atoms with van der Waals surface area (Å²) in [6, 6.07) is 8.61. The Morgan fingerprint density at radius 3 is 2.60 bits per heavy atom. The van der Waals surface area contributed by atoms with Gasteiger partial charge in [0.25, 0.3) is 5.91 Å². The number of fused-ring (bicyclic) bond motifs is 3. The molecule has 8 nitrogen and oxygen atoms in total. The fourth-order valence-corrected chi connectivity index (χ4v) is 8.66. The van der Waals surface area contributed by atoms with Crippen LogP contribution in [0.5, 0.6) is 0 Å². The number of ether oxygens (including phenoxy) is 2. The molecule has 0 radical (unpaired) electrons. The van der Waals surface area contributed by atoms with Crippen molar-refractivity contribution in [3.05, 3.63) is 58.6 Å². The molecule has 1 saturated carbocycles. The van der Waals surface area contributed by atoms with Crippen LogP contribution in [0.15, 0.2) is 36.2 Å². The summed E-state index contributed by atoms with van der Waals surface area (Å²) in [4.78, 5) is 22.4. The summed E-state index contributed by atoms with van der Waals surface area (Å²) in [7, 11) is 0. The molecule has 8 heteroatoms. The maximum Gasteiger partial charge on any atom is 0.270 e. The Balaban J connectivity index is 1.11. The predicted molar refractivity (Wildman–Crippen MR) is 165 cm³/mol. The highest BCUT2D eigenvalue weighted by atomic mass is 16.6. The van der Waals surface area contributed by atoms with Gasteiger partial charge in [0.15, 0.2) is 0 Å². The standard InChI is InChI=1S/C35H44N4O4/c1-21-11-13-25(31-27-18-35(43-32(27)29(19-40)42-31)16-23-9-5-6-10-24(23)17-35)30-26(15-21)33(38-20-37-30)39-34(41)28(36)14-12-22-7-3-2-4-8-22/h5-6,9-10,15,20,22,25,27,29,31-32,36,40H,2-4,7-8,11-14,16-19H2,1H3,(H,37,38,39,41). The minimum absolute atomic E-state index is 0.0281. The molecule has 3 fully saturated rings. The summed E-state index contributed by atoms with van der Waals surface area (Å²) in [5.74, 6) is 0.817. The molecule has 1 aromatic heterocycles. The molecular weight excluding hydrogens is 540 g/mol. The summed E-state index contributed by atoms with van der Waals surface area (Å²) >= 11 is 0. The Morgan fingerprint density at radius 2 is 1.86 bits per heavy atom. The van der Waals surface area contributed by atoms with Crippen molar-refractivity contribution in [1.82, 2.24) is 9.97 Å². The van der Waals surface area contributed by atoms with Gasteiger partial charge < -0.3 is 19.9 Å². The number of rotatable bonds is 7. The first-order valence-corrected chi connectivity index (χ1v) is 16.3. The number of aromatic nitrogens is 2. The lowest BCUT2D eigenvalue weighted by Gasteiger charge is -2.30. The van der Waals surface area contributed by atoms with E-state index in [9.17, 15) is 9.90 Å². The maximum absolute atomic E-state index is 13.2. The zero-order valence-corrected chi connectivity index (χ0v) is 25.2. The van der Waals surface area contributed by atoms with E-state index in [-0.39, 0.29) is 54.0 Å². The molecular formula is C35H44N4O4. The fraction of sp³-hybridized carbons (Fsp3) is 0.600. The molecule has 7 rings (SSSR count). The van der Waals surface area contributed by atoms with E-state index in [2.05, 4.69) is 47.6 Å². The third kappa shape index (κ3) is 5.58. The van der Waals surface area contributed by atoms with Gasteiger partial charge in [-0.05, 0) is 56.1 Å². The second-order valence-corrected chi connectivity index (χ2v) is 13.7. The number of nitrogens with zero attached hydrogens (tertiary/aromatic N) is 2.